The van der Waals surface area contributed by atoms with Crippen molar-refractivity contribution in [2.45, 2.75) is 32.1 Å². The van der Waals surface area contributed by atoms with Crippen molar-refractivity contribution < 1.29 is 19.1 Å². The summed E-state index contributed by atoms with van der Waals surface area (Å²) in [5, 5.41) is 5.61. The first-order valence-electron chi connectivity index (χ1n) is 11.7. The third kappa shape index (κ3) is 4.04. The summed E-state index contributed by atoms with van der Waals surface area (Å²) in [5.74, 6) is 0.888. The number of carbonyl (C=O) groups excluding carboxylic acids is 3. The maximum atomic E-state index is 12.8. The van der Waals surface area contributed by atoms with Crippen LogP contribution < -0.4 is 15.4 Å². The largest absolute Gasteiger partial charge is 0.496 e. The Bertz CT molecular complexity index is 1210. The molecule has 1 aliphatic heterocycles. The van der Waals surface area contributed by atoms with Gasteiger partial charge in [0.2, 0.25) is 5.91 Å². The van der Waals surface area contributed by atoms with Gasteiger partial charge in [-0.3, -0.25) is 14.4 Å². The molecule has 2 N–H and O–H groups in total. The number of nitrogens with one attached hydrogen (secondary N) is 2. The molecule has 0 bridgehead atoms. The van der Waals surface area contributed by atoms with E-state index in [-0.39, 0.29) is 23.6 Å². The summed E-state index contributed by atoms with van der Waals surface area (Å²) in [5.41, 5.74) is 4.39. The number of aromatic nitrogens is 1. The van der Waals surface area contributed by atoms with Gasteiger partial charge in [0, 0.05) is 55.4 Å². The van der Waals surface area contributed by atoms with E-state index in [0.717, 1.165) is 61.0 Å². The molecule has 34 heavy (non-hydrogen) atoms. The predicted octanol–water partition coefficient (Wildman–Crippen LogP) is 3.13. The van der Waals surface area contributed by atoms with Crippen LogP contribution in [0.2, 0.25) is 0 Å². The lowest BCUT2D eigenvalue weighted by atomic mass is 10.00. The highest BCUT2D eigenvalue weighted by Gasteiger charge is 2.32. The van der Waals surface area contributed by atoms with Crippen LogP contribution in [0, 0.1) is 5.92 Å². The number of likely N-dealkylation sites (tertiary alicyclic amines) is 1. The minimum Gasteiger partial charge on any atom is -0.496 e. The number of fused-ring (bicyclic) bond motifs is 1. The molecule has 0 unspecified atom stereocenters. The van der Waals surface area contributed by atoms with Gasteiger partial charge in [-0.2, -0.15) is 0 Å². The van der Waals surface area contributed by atoms with Crippen LogP contribution >= 0.6 is 0 Å². The lowest BCUT2D eigenvalue weighted by Gasteiger charge is -2.17. The number of ether oxygens (including phenoxy) is 1. The second-order valence-electron chi connectivity index (χ2n) is 9.02. The van der Waals surface area contributed by atoms with E-state index in [4.69, 9.17) is 4.74 Å². The zero-order chi connectivity index (χ0) is 23.8. The number of anilines is 1. The van der Waals surface area contributed by atoms with Crippen LogP contribution in [-0.4, -0.2) is 54.9 Å². The second-order valence-corrected chi connectivity index (χ2v) is 9.02. The molecule has 176 valence electrons. The number of benzene rings is 1. The Labute approximate surface area is 198 Å². The third-order valence-corrected chi connectivity index (χ3v) is 6.76. The minimum atomic E-state index is -0.236. The Hall–Kier alpha value is -3.68. The molecule has 0 spiro atoms. The molecule has 2 fully saturated rings. The molecular formula is C26H28N4O4. The van der Waals surface area contributed by atoms with Crippen LogP contribution in [0.25, 0.3) is 11.6 Å². The molecule has 1 saturated carbocycles. The quantitative estimate of drug-likeness (QED) is 0.690. The van der Waals surface area contributed by atoms with E-state index in [9.17, 15) is 14.4 Å². The first-order valence-corrected chi connectivity index (χ1v) is 11.7. The van der Waals surface area contributed by atoms with Crippen LogP contribution in [0.4, 0.5) is 5.82 Å². The smallest absolute Gasteiger partial charge is 0.253 e. The summed E-state index contributed by atoms with van der Waals surface area (Å²) in [7, 11) is 3.17. The molecule has 2 aliphatic carbocycles. The van der Waals surface area contributed by atoms with E-state index in [1.807, 2.05) is 23.1 Å². The van der Waals surface area contributed by atoms with Gasteiger partial charge in [-0.1, -0.05) is 6.07 Å². The van der Waals surface area contributed by atoms with E-state index < -0.39 is 0 Å². The maximum Gasteiger partial charge on any atom is 0.253 e. The van der Waals surface area contributed by atoms with Crippen LogP contribution in [0.1, 0.15) is 63.1 Å². The van der Waals surface area contributed by atoms with Crippen LogP contribution in [0.3, 0.4) is 0 Å². The van der Waals surface area contributed by atoms with Crippen molar-refractivity contribution in [2.24, 2.45) is 5.92 Å². The van der Waals surface area contributed by atoms with Crippen LogP contribution in [-0.2, 0) is 11.2 Å². The van der Waals surface area contributed by atoms with Crippen molar-refractivity contribution in [2.75, 3.05) is 32.6 Å². The molecule has 2 aromatic rings. The maximum absolute atomic E-state index is 12.8. The van der Waals surface area contributed by atoms with E-state index in [1.54, 1.807) is 20.2 Å². The van der Waals surface area contributed by atoms with Gasteiger partial charge in [0.05, 0.1) is 12.7 Å². The summed E-state index contributed by atoms with van der Waals surface area (Å²) in [6, 6.07) is 5.51. The molecular weight excluding hydrogens is 432 g/mol. The van der Waals surface area contributed by atoms with Gasteiger partial charge in [0.25, 0.3) is 11.8 Å². The van der Waals surface area contributed by atoms with Gasteiger partial charge in [-0.05, 0) is 55.0 Å². The Kier molecular flexibility index (Phi) is 5.81. The Morgan fingerprint density at radius 2 is 1.91 bits per heavy atom. The zero-order valence-electron chi connectivity index (χ0n) is 19.4. The van der Waals surface area contributed by atoms with Crippen molar-refractivity contribution >= 4 is 35.2 Å². The van der Waals surface area contributed by atoms with Gasteiger partial charge < -0.3 is 20.3 Å². The van der Waals surface area contributed by atoms with Gasteiger partial charge in [-0.15, -0.1) is 0 Å². The monoisotopic (exact) mass is 460 g/mol. The highest BCUT2D eigenvalue weighted by molar-refractivity contribution is 6.05. The van der Waals surface area contributed by atoms with Crippen molar-refractivity contribution in [3.05, 3.63) is 52.2 Å². The molecule has 3 amide bonds. The fourth-order valence-electron chi connectivity index (χ4n) is 4.68. The molecule has 1 saturated heterocycles. The zero-order valence-corrected chi connectivity index (χ0v) is 19.4. The highest BCUT2D eigenvalue weighted by Crippen LogP contribution is 2.41. The Morgan fingerprint density at radius 3 is 2.59 bits per heavy atom. The highest BCUT2D eigenvalue weighted by atomic mass is 16.5. The minimum absolute atomic E-state index is 0.0159. The van der Waals surface area contributed by atoms with Crippen LogP contribution in [0.5, 0.6) is 5.75 Å². The summed E-state index contributed by atoms with van der Waals surface area (Å²) >= 11 is 0. The Morgan fingerprint density at radius 1 is 1.15 bits per heavy atom. The third-order valence-electron chi connectivity index (χ3n) is 6.76. The number of methoxy groups -OCH3 is 1. The lowest BCUT2D eigenvalue weighted by molar-refractivity contribution is -0.117. The van der Waals surface area contributed by atoms with Gasteiger partial charge in [0.15, 0.2) is 0 Å². The number of carbonyl (C=O) groups is 3. The SMILES string of the molecule is CNC(=O)c1cnc(NC(=O)C2CC2)c2c1C=C(c1ccc(C(=O)N3CCCC3)cc1OC)C2. The van der Waals surface area contributed by atoms with Gasteiger partial charge >= 0.3 is 0 Å². The normalized spacial score (nSPS) is 16.6. The van der Waals surface area contributed by atoms with Crippen LogP contribution in [0.15, 0.2) is 24.4 Å². The van der Waals surface area contributed by atoms with Gasteiger partial charge in [-0.25, -0.2) is 4.98 Å². The van der Waals surface area contributed by atoms with E-state index in [1.165, 1.54) is 6.20 Å². The fraction of sp³-hybridized carbons (Fsp3) is 0.385. The molecule has 0 radical (unpaired) electrons. The van der Waals surface area contributed by atoms with Crippen molar-refractivity contribution in [1.82, 2.24) is 15.2 Å². The molecule has 3 aliphatic rings. The van der Waals surface area contributed by atoms with E-state index >= 15 is 0 Å². The van der Waals surface area contributed by atoms with Crippen molar-refractivity contribution in [3.63, 3.8) is 0 Å². The predicted molar refractivity (Wildman–Crippen MR) is 129 cm³/mol. The molecule has 8 nitrogen and oxygen atoms in total. The van der Waals surface area contributed by atoms with E-state index in [0.29, 0.717) is 29.1 Å². The topological polar surface area (TPSA) is 101 Å². The molecule has 5 rings (SSSR count). The summed E-state index contributed by atoms with van der Waals surface area (Å²) in [4.78, 5) is 44.0. The Balaban J connectivity index is 1.49. The molecule has 8 heteroatoms. The van der Waals surface area contributed by atoms with E-state index in [2.05, 4.69) is 15.6 Å². The first kappa shape index (κ1) is 22.1. The fourth-order valence-corrected chi connectivity index (χ4v) is 4.68. The molecule has 2 heterocycles. The molecule has 1 aromatic carbocycles. The number of pyridine rings is 1. The second kappa shape index (κ2) is 8.93. The number of hydrogen-bond acceptors (Lipinski definition) is 5. The number of allylic oxidation sites excluding steroid dienone is 1. The van der Waals surface area contributed by atoms with Crippen molar-refractivity contribution in [1.29, 1.82) is 0 Å². The standard InChI is InChI=1S/C26H28N4O4/c1-27-25(32)21-14-28-23(29-24(31)15-5-6-15)20-12-17(11-19(20)21)18-8-7-16(13-22(18)34-2)26(33)30-9-3-4-10-30/h7-8,11,13-15H,3-6,9-10,12H2,1-2H3,(H,27,32)(H,28,29,31). The number of rotatable bonds is 6. The number of hydrogen-bond donors (Lipinski definition) is 2. The summed E-state index contributed by atoms with van der Waals surface area (Å²) in [6.07, 6.45) is 7.81. The summed E-state index contributed by atoms with van der Waals surface area (Å²) < 4.78 is 5.67. The number of nitrogens with zero attached hydrogens (tertiary/aromatic N) is 2. The number of amides is 3. The molecule has 0 atom stereocenters. The van der Waals surface area contributed by atoms with Crippen molar-refractivity contribution in [3.8, 4) is 5.75 Å². The first-order chi connectivity index (χ1) is 16.5. The average molecular weight is 461 g/mol. The lowest BCUT2D eigenvalue weighted by Crippen LogP contribution is -2.27. The molecule has 1 aromatic heterocycles. The summed E-state index contributed by atoms with van der Waals surface area (Å²) in [6.45, 7) is 1.57. The van der Waals surface area contributed by atoms with Gasteiger partial charge in [0.1, 0.15) is 11.6 Å². The average Bonchev–Trinajstić information content (AvgIpc) is 3.38.